The monoisotopic (exact) mass is 300 g/mol. The van der Waals surface area contributed by atoms with Crippen LogP contribution in [0.15, 0.2) is 18.2 Å². The molecule has 1 aliphatic heterocycles. The van der Waals surface area contributed by atoms with E-state index in [9.17, 15) is 0 Å². The van der Waals surface area contributed by atoms with E-state index >= 15 is 0 Å². The zero-order chi connectivity index (χ0) is 13.7. The summed E-state index contributed by atoms with van der Waals surface area (Å²) in [6.07, 6.45) is 4.07. The molecule has 0 aromatic heterocycles. The summed E-state index contributed by atoms with van der Waals surface area (Å²) in [6.45, 7) is 6.60. The van der Waals surface area contributed by atoms with E-state index in [1.54, 1.807) is 6.07 Å². The highest BCUT2D eigenvalue weighted by Crippen LogP contribution is 2.19. The lowest BCUT2D eigenvalue weighted by molar-refractivity contribution is 0.170. The van der Waals surface area contributed by atoms with Gasteiger partial charge in [-0.15, -0.1) is 0 Å². The number of halogens is 2. The Morgan fingerprint density at radius 3 is 2.37 bits per heavy atom. The zero-order valence-corrected chi connectivity index (χ0v) is 13.0. The van der Waals surface area contributed by atoms with Crippen LogP contribution in [0, 0.1) is 0 Å². The lowest BCUT2D eigenvalue weighted by atomic mass is 10.1. The SMILES string of the molecule is CC(CNCc1cc(Cl)cc(Cl)c1)N1CCCCC1. The van der Waals surface area contributed by atoms with Crippen molar-refractivity contribution in [2.75, 3.05) is 19.6 Å². The van der Waals surface area contributed by atoms with Crippen molar-refractivity contribution in [2.24, 2.45) is 0 Å². The van der Waals surface area contributed by atoms with Gasteiger partial charge in [-0.05, 0) is 56.6 Å². The van der Waals surface area contributed by atoms with Crippen LogP contribution in [-0.2, 0) is 6.54 Å². The van der Waals surface area contributed by atoms with E-state index in [2.05, 4.69) is 17.1 Å². The molecule has 1 N–H and O–H groups in total. The van der Waals surface area contributed by atoms with E-state index in [4.69, 9.17) is 23.2 Å². The number of nitrogens with zero attached hydrogens (tertiary/aromatic N) is 1. The third kappa shape index (κ3) is 4.96. The average Bonchev–Trinajstić information content (AvgIpc) is 2.38. The molecular formula is C15H22Cl2N2. The molecule has 1 aromatic rings. The molecule has 106 valence electrons. The molecule has 4 heteroatoms. The minimum atomic E-state index is 0.593. The molecule has 19 heavy (non-hydrogen) atoms. The van der Waals surface area contributed by atoms with E-state index < -0.39 is 0 Å². The molecule has 0 spiro atoms. The quantitative estimate of drug-likeness (QED) is 0.885. The summed E-state index contributed by atoms with van der Waals surface area (Å²) in [5, 5.41) is 4.90. The highest BCUT2D eigenvalue weighted by molar-refractivity contribution is 6.34. The van der Waals surface area contributed by atoms with Crippen molar-refractivity contribution in [3.05, 3.63) is 33.8 Å². The predicted octanol–water partition coefficient (Wildman–Crippen LogP) is 3.96. The third-order valence-corrected chi connectivity index (χ3v) is 4.14. The summed E-state index contributed by atoms with van der Waals surface area (Å²) in [6, 6.07) is 6.29. The topological polar surface area (TPSA) is 15.3 Å². The van der Waals surface area contributed by atoms with Crippen LogP contribution in [0.25, 0.3) is 0 Å². The van der Waals surface area contributed by atoms with Crippen LogP contribution in [0.4, 0.5) is 0 Å². The van der Waals surface area contributed by atoms with E-state index in [-0.39, 0.29) is 0 Å². The lowest BCUT2D eigenvalue weighted by Gasteiger charge is -2.32. The number of hydrogen-bond acceptors (Lipinski definition) is 2. The number of rotatable bonds is 5. The van der Waals surface area contributed by atoms with Crippen molar-refractivity contribution in [3.8, 4) is 0 Å². The number of likely N-dealkylation sites (tertiary alicyclic amines) is 1. The Kier molecular flexibility index (Phi) is 5.96. The molecular weight excluding hydrogens is 279 g/mol. The van der Waals surface area contributed by atoms with Gasteiger partial charge in [0.1, 0.15) is 0 Å². The molecule has 0 bridgehead atoms. The fraction of sp³-hybridized carbons (Fsp3) is 0.600. The molecule has 0 aliphatic carbocycles. The molecule has 1 aromatic carbocycles. The maximum Gasteiger partial charge on any atom is 0.0424 e. The smallest absolute Gasteiger partial charge is 0.0424 e. The van der Waals surface area contributed by atoms with Crippen LogP contribution in [0.5, 0.6) is 0 Å². The standard InChI is InChI=1S/C15H22Cl2N2/c1-12(19-5-3-2-4-6-19)10-18-11-13-7-14(16)9-15(17)8-13/h7-9,12,18H,2-6,10-11H2,1H3. The molecule has 1 heterocycles. The number of piperidine rings is 1. The van der Waals surface area contributed by atoms with Gasteiger partial charge in [0.25, 0.3) is 0 Å². The van der Waals surface area contributed by atoms with Gasteiger partial charge in [0, 0.05) is 29.2 Å². The van der Waals surface area contributed by atoms with Crippen LogP contribution in [0.1, 0.15) is 31.7 Å². The van der Waals surface area contributed by atoms with Crippen LogP contribution in [0.3, 0.4) is 0 Å². The molecule has 1 saturated heterocycles. The Morgan fingerprint density at radius 2 is 1.74 bits per heavy atom. The first kappa shape index (κ1) is 15.1. The zero-order valence-electron chi connectivity index (χ0n) is 11.5. The molecule has 0 saturated carbocycles. The van der Waals surface area contributed by atoms with Crippen LogP contribution in [-0.4, -0.2) is 30.6 Å². The van der Waals surface area contributed by atoms with Gasteiger partial charge in [-0.1, -0.05) is 29.6 Å². The molecule has 2 rings (SSSR count). The Bertz CT molecular complexity index is 383. The first-order valence-electron chi connectivity index (χ1n) is 7.05. The molecule has 0 amide bonds. The second-order valence-corrected chi connectivity index (χ2v) is 6.23. The minimum absolute atomic E-state index is 0.593. The maximum absolute atomic E-state index is 5.99. The number of hydrogen-bond donors (Lipinski definition) is 1. The van der Waals surface area contributed by atoms with E-state index in [1.165, 1.54) is 32.4 Å². The van der Waals surface area contributed by atoms with Gasteiger partial charge in [-0.2, -0.15) is 0 Å². The third-order valence-electron chi connectivity index (χ3n) is 3.71. The van der Waals surface area contributed by atoms with Crippen LogP contribution >= 0.6 is 23.2 Å². The first-order chi connectivity index (χ1) is 9.15. The van der Waals surface area contributed by atoms with Crippen molar-refractivity contribution in [1.29, 1.82) is 0 Å². The fourth-order valence-electron chi connectivity index (χ4n) is 2.63. The Labute approximate surface area is 126 Å². The van der Waals surface area contributed by atoms with E-state index in [0.717, 1.165) is 18.7 Å². The molecule has 1 unspecified atom stereocenters. The second kappa shape index (κ2) is 7.49. The Hall–Kier alpha value is -0.280. The van der Waals surface area contributed by atoms with Crippen molar-refractivity contribution in [1.82, 2.24) is 10.2 Å². The molecule has 2 nitrogen and oxygen atoms in total. The first-order valence-corrected chi connectivity index (χ1v) is 7.80. The predicted molar refractivity (Wildman–Crippen MR) is 83.1 cm³/mol. The van der Waals surface area contributed by atoms with Crippen molar-refractivity contribution < 1.29 is 0 Å². The lowest BCUT2D eigenvalue weighted by Crippen LogP contribution is -2.42. The normalized spacial score (nSPS) is 18.5. The summed E-state index contributed by atoms with van der Waals surface area (Å²) >= 11 is 12.0. The number of nitrogens with one attached hydrogen (secondary N) is 1. The van der Waals surface area contributed by atoms with E-state index in [1.807, 2.05) is 12.1 Å². The van der Waals surface area contributed by atoms with Gasteiger partial charge in [0.05, 0.1) is 0 Å². The largest absolute Gasteiger partial charge is 0.311 e. The van der Waals surface area contributed by atoms with Crippen molar-refractivity contribution in [2.45, 2.75) is 38.8 Å². The minimum Gasteiger partial charge on any atom is -0.311 e. The fourth-order valence-corrected chi connectivity index (χ4v) is 3.20. The van der Waals surface area contributed by atoms with Gasteiger partial charge >= 0.3 is 0 Å². The van der Waals surface area contributed by atoms with E-state index in [0.29, 0.717) is 16.1 Å². The number of benzene rings is 1. The van der Waals surface area contributed by atoms with Crippen LogP contribution in [0.2, 0.25) is 10.0 Å². The van der Waals surface area contributed by atoms with Crippen molar-refractivity contribution in [3.63, 3.8) is 0 Å². The summed E-state index contributed by atoms with van der Waals surface area (Å²) in [4.78, 5) is 2.57. The summed E-state index contributed by atoms with van der Waals surface area (Å²) in [7, 11) is 0. The molecule has 1 fully saturated rings. The highest BCUT2D eigenvalue weighted by atomic mass is 35.5. The van der Waals surface area contributed by atoms with Gasteiger partial charge in [0.2, 0.25) is 0 Å². The summed E-state index contributed by atoms with van der Waals surface area (Å²) < 4.78 is 0. The molecule has 1 aliphatic rings. The van der Waals surface area contributed by atoms with Crippen LogP contribution < -0.4 is 5.32 Å². The molecule has 1 atom stereocenters. The summed E-state index contributed by atoms with van der Waals surface area (Å²) in [5.41, 5.74) is 1.14. The summed E-state index contributed by atoms with van der Waals surface area (Å²) in [5.74, 6) is 0. The van der Waals surface area contributed by atoms with Gasteiger partial charge in [0.15, 0.2) is 0 Å². The van der Waals surface area contributed by atoms with Gasteiger partial charge in [-0.3, -0.25) is 4.90 Å². The highest BCUT2D eigenvalue weighted by Gasteiger charge is 2.15. The van der Waals surface area contributed by atoms with Gasteiger partial charge in [-0.25, -0.2) is 0 Å². The average molecular weight is 301 g/mol. The second-order valence-electron chi connectivity index (χ2n) is 5.35. The Balaban J connectivity index is 1.76. The van der Waals surface area contributed by atoms with Crippen molar-refractivity contribution >= 4 is 23.2 Å². The molecule has 0 radical (unpaired) electrons. The maximum atomic E-state index is 5.99. The van der Waals surface area contributed by atoms with Gasteiger partial charge < -0.3 is 5.32 Å². The Morgan fingerprint density at radius 1 is 1.11 bits per heavy atom.